The number of sulfonamides is 1. The Morgan fingerprint density at radius 1 is 1.32 bits per heavy atom. The van der Waals surface area contributed by atoms with Crippen LogP contribution in [0.2, 0.25) is 0 Å². The van der Waals surface area contributed by atoms with Crippen LogP contribution < -0.4 is 10.5 Å². The predicted octanol–water partition coefficient (Wildman–Crippen LogP) is 1.59. The summed E-state index contributed by atoms with van der Waals surface area (Å²) in [6.07, 6.45) is 0. The lowest BCUT2D eigenvalue weighted by molar-refractivity contribution is 0.141. The molecule has 0 aliphatic heterocycles. The highest BCUT2D eigenvalue weighted by molar-refractivity contribution is 7.89. The molecule has 0 amide bonds. The first-order valence-electron chi connectivity index (χ1n) is 5.99. The van der Waals surface area contributed by atoms with Crippen LogP contribution in [0, 0.1) is 13.8 Å². The van der Waals surface area contributed by atoms with Gasteiger partial charge in [0.25, 0.3) is 0 Å². The van der Waals surface area contributed by atoms with Crippen molar-refractivity contribution >= 4 is 15.7 Å². The van der Waals surface area contributed by atoms with E-state index in [4.69, 9.17) is 10.5 Å². The van der Waals surface area contributed by atoms with Crippen LogP contribution in [-0.4, -0.2) is 27.7 Å². The van der Waals surface area contributed by atoms with E-state index in [0.717, 1.165) is 11.1 Å². The lowest BCUT2D eigenvalue weighted by atomic mass is 10.1. The summed E-state index contributed by atoms with van der Waals surface area (Å²) in [5.74, 6) is 0. The van der Waals surface area contributed by atoms with Gasteiger partial charge < -0.3 is 10.5 Å². The van der Waals surface area contributed by atoms with Gasteiger partial charge in [-0.15, -0.1) is 0 Å². The molecule has 0 heterocycles. The number of hydrogen-bond donors (Lipinski definition) is 2. The zero-order valence-corrected chi connectivity index (χ0v) is 12.9. The Bertz CT molecular complexity index is 542. The molecule has 1 rings (SSSR count). The van der Waals surface area contributed by atoms with Gasteiger partial charge in [0.15, 0.2) is 0 Å². The lowest BCUT2D eigenvalue weighted by Crippen LogP contribution is -2.46. The molecule has 0 saturated carbocycles. The Morgan fingerprint density at radius 3 is 2.37 bits per heavy atom. The Balaban J connectivity index is 3.15. The SMILES string of the molecule is COCC(C)(C)NS(=O)(=O)c1cc(C)c(C)c(N)c1. The van der Waals surface area contributed by atoms with E-state index in [1.807, 2.05) is 13.8 Å². The molecular weight excluding hydrogens is 264 g/mol. The van der Waals surface area contributed by atoms with Crippen LogP contribution in [0.4, 0.5) is 5.69 Å². The quantitative estimate of drug-likeness (QED) is 0.805. The smallest absolute Gasteiger partial charge is 0.241 e. The molecule has 5 nitrogen and oxygen atoms in total. The van der Waals surface area contributed by atoms with E-state index in [1.54, 1.807) is 19.9 Å². The molecule has 0 atom stereocenters. The number of nitrogen functional groups attached to an aromatic ring is 1. The molecule has 19 heavy (non-hydrogen) atoms. The zero-order chi connectivity index (χ0) is 14.8. The molecule has 108 valence electrons. The highest BCUT2D eigenvalue weighted by atomic mass is 32.2. The highest BCUT2D eigenvalue weighted by Crippen LogP contribution is 2.22. The van der Waals surface area contributed by atoms with E-state index in [9.17, 15) is 8.42 Å². The Labute approximate surface area is 115 Å². The second-order valence-electron chi connectivity index (χ2n) is 5.38. The Kier molecular flexibility index (Phi) is 4.60. The number of methoxy groups -OCH3 is 1. The molecule has 0 saturated heterocycles. The molecule has 0 aromatic heterocycles. The van der Waals surface area contributed by atoms with Crippen LogP contribution in [0.3, 0.4) is 0 Å². The number of nitrogens with two attached hydrogens (primary N) is 1. The van der Waals surface area contributed by atoms with E-state index >= 15 is 0 Å². The van der Waals surface area contributed by atoms with Crippen LogP contribution >= 0.6 is 0 Å². The van der Waals surface area contributed by atoms with Gasteiger partial charge in [0.05, 0.1) is 17.0 Å². The lowest BCUT2D eigenvalue weighted by Gasteiger charge is -2.25. The van der Waals surface area contributed by atoms with Gasteiger partial charge in [-0.05, 0) is 51.0 Å². The minimum Gasteiger partial charge on any atom is -0.398 e. The number of ether oxygens (including phenoxy) is 1. The van der Waals surface area contributed by atoms with E-state index in [-0.39, 0.29) is 11.5 Å². The minimum absolute atomic E-state index is 0.178. The molecule has 3 N–H and O–H groups in total. The van der Waals surface area contributed by atoms with E-state index in [2.05, 4.69) is 4.72 Å². The highest BCUT2D eigenvalue weighted by Gasteiger charge is 2.26. The third-order valence-corrected chi connectivity index (χ3v) is 4.58. The molecular formula is C13H22N2O3S. The Morgan fingerprint density at radius 2 is 1.89 bits per heavy atom. The van der Waals surface area contributed by atoms with E-state index in [1.165, 1.54) is 13.2 Å². The molecule has 0 aliphatic rings. The van der Waals surface area contributed by atoms with Crippen LogP contribution in [0.1, 0.15) is 25.0 Å². The van der Waals surface area contributed by atoms with Gasteiger partial charge in [-0.2, -0.15) is 0 Å². The topological polar surface area (TPSA) is 81.4 Å². The predicted molar refractivity (Wildman–Crippen MR) is 76.6 cm³/mol. The van der Waals surface area contributed by atoms with Crippen LogP contribution in [0.15, 0.2) is 17.0 Å². The second kappa shape index (κ2) is 5.48. The van der Waals surface area contributed by atoms with Gasteiger partial charge in [0.1, 0.15) is 0 Å². The summed E-state index contributed by atoms with van der Waals surface area (Å²) in [5.41, 5.74) is 7.37. The third kappa shape index (κ3) is 3.92. The van der Waals surface area contributed by atoms with E-state index < -0.39 is 15.6 Å². The van der Waals surface area contributed by atoms with Crippen LogP contribution in [0.25, 0.3) is 0 Å². The van der Waals surface area contributed by atoms with Crippen molar-refractivity contribution in [3.63, 3.8) is 0 Å². The van der Waals surface area contributed by atoms with Gasteiger partial charge >= 0.3 is 0 Å². The Hall–Kier alpha value is -1.11. The molecule has 6 heteroatoms. The van der Waals surface area contributed by atoms with Gasteiger partial charge in [0.2, 0.25) is 10.0 Å². The molecule has 0 spiro atoms. The second-order valence-corrected chi connectivity index (χ2v) is 7.06. The summed E-state index contributed by atoms with van der Waals surface area (Å²) in [6, 6.07) is 3.10. The summed E-state index contributed by atoms with van der Waals surface area (Å²) in [7, 11) is -2.08. The van der Waals surface area contributed by atoms with Gasteiger partial charge in [-0.25, -0.2) is 13.1 Å². The van der Waals surface area contributed by atoms with Crippen molar-refractivity contribution in [2.24, 2.45) is 0 Å². The fourth-order valence-corrected chi connectivity index (χ4v) is 3.34. The first-order valence-corrected chi connectivity index (χ1v) is 7.47. The minimum atomic E-state index is -3.61. The zero-order valence-electron chi connectivity index (χ0n) is 12.1. The van der Waals surface area contributed by atoms with Crippen molar-refractivity contribution in [3.8, 4) is 0 Å². The fourth-order valence-electron chi connectivity index (χ4n) is 1.82. The van der Waals surface area contributed by atoms with Gasteiger partial charge in [0, 0.05) is 12.8 Å². The molecule has 0 radical (unpaired) electrons. The summed E-state index contributed by atoms with van der Waals surface area (Å²) >= 11 is 0. The molecule has 1 aromatic rings. The standard InChI is InChI=1S/C13H22N2O3S/c1-9-6-11(7-12(14)10(9)2)19(16,17)15-13(3,4)8-18-5/h6-7,15H,8,14H2,1-5H3. The maximum absolute atomic E-state index is 12.3. The largest absolute Gasteiger partial charge is 0.398 e. The monoisotopic (exact) mass is 286 g/mol. The van der Waals surface area contributed by atoms with Crippen molar-refractivity contribution in [1.82, 2.24) is 4.72 Å². The fraction of sp³-hybridized carbons (Fsp3) is 0.538. The maximum atomic E-state index is 12.3. The van der Waals surface area contributed by atoms with Crippen molar-refractivity contribution in [1.29, 1.82) is 0 Å². The number of hydrogen-bond acceptors (Lipinski definition) is 4. The number of benzene rings is 1. The summed E-state index contributed by atoms with van der Waals surface area (Å²) in [6.45, 7) is 7.51. The average Bonchev–Trinajstić information content (AvgIpc) is 2.23. The molecule has 0 unspecified atom stereocenters. The van der Waals surface area contributed by atoms with Gasteiger partial charge in [-0.3, -0.25) is 0 Å². The van der Waals surface area contributed by atoms with Crippen LogP contribution in [0.5, 0.6) is 0 Å². The third-order valence-electron chi connectivity index (χ3n) is 2.91. The first kappa shape index (κ1) is 15.9. The summed E-state index contributed by atoms with van der Waals surface area (Å²) in [4.78, 5) is 0.178. The number of nitrogens with one attached hydrogen (secondary N) is 1. The average molecular weight is 286 g/mol. The summed E-state index contributed by atoms with van der Waals surface area (Å²) < 4.78 is 32.3. The van der Waals surface area contributed by atoms with Crippen molar-refractivity contribution in [2.45, 2.75) is 38.1 Å². The molecule has 0 fully saturated rings. The maximum Gasteiger partial charge on any atom is 0.241 e. The van der Waals surface area contributed by atoms with Crippen molar-refractivity contribution < 1.29 is 13.2 Å². The van der Waals surface area contributed by atoms with Crippen LogP contribution in [-0.2, 0) is 14.8 Å². The molecule has 1 aromatic carbocycles. The van der Waals surface area contributed by atoms with Crippen molar-refractivity contribution in [3.05, 3.63) is 23.3 Å². The normalized spacial score (nSPS) is 12.7. The van der Waals surface area contributed by atoms with Crippen molar-refractivity contribution in [2.75, 3.05) is 19.5 Å². The molecule has 0 bridgehead atoms. The number of rotatable bonds is 5. The first-order chi connectivity index (χ1) is 8.59. The summed E-state index contributed by atoms with van der Waals surface area (Å²) in [5, 5.41) is 0. The van der Waals surface area contributed by atoms with Gasteiger partial charge in [-0.1, -0.05) is 0 Å². The number of aryl methyl sites for hydroxylation is 1. The number of anilines is 1. The molecule has 0 aliphatic carbocycles. The van der Waals surface area contributed by atoms with E-state index in [0.29, 0.717) is 5.69 Å².